The quantitative estimate of drug-likeness (QED) is 0.656. The second-order valence-electron chi connectivity index (χ2n) is 7.16. The number of amides is 2. The summed E-state index contributed by atoms with van der Waals surface area (Å²) in [7, 11) is 2.73. The fraction of sp³-hybridized carbons (Fsp3) is 0.350. The zero-order valence-corrected chi connectivity index (χ0v) is 15.3. The van der Waals surface area contributed by atoms with E-state index in [2.05, 4.69) is 5.32 Å². The Morgan fingerprint density at radius 3 is 2.67 bits per heavy atom. The molecule has 2 aliphatic heterocycles. The molecule has 1 N–H and O–H groups in total. The Hall–Kier alpha value is -2.93. The lowest BCUT2D eigenvalue weighted by atomic mass is 9.80. The van der Waals surface area contributed by atoms with Crippen LogP contribution in [0.25, 0.3) is 11.3 Å². The van der Waals surface area contributed by atoms with Gasteiger partial charge in [0.1, 0.15) is 11.3 Å². The van der Waals surface area contributed by atoms with Gasteiger partial charge in [0.2, 0.25) is 11.8 Å². The van der Waals surface area contributed by atoms with Gasteiger partial charge in [-0.3, -0.25) is 24.6 Å². The van der Waals surface area contributed by atoms with Crippen LogP contribution in [0.1, 0.15) is 18.5 Å². The predicted octanol–water partition coefficient (Wildman–Crippen LogP) is 1.75. The molecule has 4 atom stereocenters. The molecule has 7 heteroatoms. The van der Waals surface area contributed by atoms with Crippen LogP contribution in [0, 0.1) is 11.8 Å². The summed E-state index contributed by atoms with van der Waals surface area (Å²) < 4.78 is 10.4. The van der Waals surface area contributed by atoms with E-state index in [0.717, 1.165) is 16.0 Å². The van der Waals surface area contributed by atoms with Crippen molar-refractivity contribution in [2.45, 2.75) is 18.5 Å². The summed E-state index contributed by atoms with van der Waals surface area (Å²) in [5.74, 6) is -1.99. The van der Waals surface area contributed by atoms with Crippen molar-refractivity contribution in [3.05, 3.63) is 48.2 Å². The Kier molecular flexibility index (Phi) is 3.92. The molecule has 2 saturated heterocycles. The number of imide groups is 1. The highest BCUT2D eigenvalue weighted by molar-refractivity contribution is 6.09. The van der Waals surface area contributed by atoms with Gasteiger partial charge in [0.15, 0.2) is 0 Å². The number of nitrogens with one attached hydrogen (secondary N) is 1. The van der Waals surface area contributed by atoms with Crippen LogP contribution >= 0.6 is 0 Å². The minimum Gasteiger partial charge on any atom is -0.468 e. The smallest absolute Gasteiger partial charge is 0.326 e. The molecule has 2 amide bonds. The van der Waals surface area contributed by atoms with Crippen molar-refractivity contribution >= 4 is 17.8 Å². The van der Waals surface area contributed by atoms with Crippen LogP contribution in [-0.4, -0.2) is 42.4 Å². The summed E-state index contributed by atoms with van der Waals surface area (Å²) >= 11 is 0. The number of carbonyl (C=O) groups excluding carboxylic acids is 3. The molecule has 3 heterocycles. The topological polar surface area (TPSA) is 88.8 Å². The van der Waals surface area contributed by atoms with Gasteiger partial charge in [-0.25, -0.2) is 0 Å². The number of furan rings is 1. The third-order valence-electron chi connectivity index (χ3n) is 5.67. The van der Waals surface area contributed by atoms with E-state index >= 15 is 0 Å². The Balaban J connectivity index is 1.80. The molecule has 0 saturated carbocycles. The molecule has 7 nitrogen and oxygen atoms in total. The first-order valence-corrected chi connectivity index (χ1v) is 8.70. The summed E-state index contributed by atoms with van der Waals surface area (Å²) in [6.45, 7) is 1.62. The SMILES string of the molecule is COC(=O)[C@]1(C)N[C@H](c2cccc(-c3ccco3)c2)[C@@H]2C(=O)N(C)C(=O)[C@@H]21. The molecule has 1 aromatic carbocycles. The normalized spacial score (nSPS) is 29.9. The fourth-order valence-corrected chi connectivity index (χ4v) is 4.30. The Labute approximate surface area is 156 Å². The van der Waals surface area contributed by atoms with E-state index in [0.29, 0.717) is 5.76 Å². The number of hydrogen-bond acceptors (Lipinski definition) is 6. The van der Waals surface area contributed by atoms with Crippen molar-refractivity contribution in [3.63, 3.8) is 0 Å². The van der Waals surface area contributed by atoms with Gasteiger partial charge in [-0.2, -0.15) is 0 Å². The summed E-state index contributed by atoms with van der Waals surface area (Å²) in [5, 5.41) is 3.22. The molecule has 0 unspecified atom stereocenters. The van der Waals surface area contributed by atoms with Crippen LogP contribution in [0.3, 0.4) is 0 Å². The van der Waals surface area contributed by atoms with Gasteiger partial charge in [0.25, 0.3) is 0 Å². The summed E-state index contributed by atoms with van der Waals surface area (Å²) in [6, 6.07) is 10.7. The van der Waals surface area contributed by atoms with Crippen molar-refractivity contribution in [2.75, 3.05) is 14.2 Å². The van der Waals surface area contributed by atoms with Gasteiger partial charge < -0.3 is 9.15 Å². The van der Waals surface area contributed by atoms with Crippen LogP contribution in [0.15, 0.2) is 47.1 Å². The number of ether oxygens (including phenoxy) is 1. The monoisotopic (exact) mass is 368 g/mol. The maximum atomic E-state index is 12.8. The second kappa shape index (κ2) is 6.06. The van der Waals surface area contributed by atoms with Crippen LogP contribution in [0.4, 0.5) is 0 Å². The molecule has 140 valence electrons. The molecule has 27 heavy (non-hydrogen) atoms. The van der Waals surface area contributed by atoms with E-state index in [1.165, 1.54) is 14.2 Å². The van der Waals surface area contributed by atoms with Crippen molar-refractivity contribution in [1.82, 2.24) is 10.2 Å². The lowest BCUT2D eigenvalue weighted by Crippen LogP contribution is -2.53. The Bertz CT molecular complexity index is 922. The molecular formula is C20H20N2O5. The number of carbonyl (C=O) groups is 3. The molecule has 0 bridgehead atoms. The summed E-state index contributed by atoms with van der Waals surface area (Å²) in [6.07, 6.45) is 1.59. The van der Waals surface area contributed by atoms with Gasteiger partial charge in [-0.05, 0) is 30.7 Å². The molecule has 2 aliphatic rings. The number of likely N-dealkylation sites (tertiary alicyclic amines) is 1. The molecule has 0 spiro atoms. The molecule has 4 rings (SSSR count). The van der Waals surface area contributed by atoms with Gasteiger partial charge in [0, 0.05) is 18.7 Å². The van der Waals surface area contributed by atoms with E-state index < -0.39 is 29.4 Å². The minimum atomic E-state index is -1.28. The number of nitrogens with zero attached hydrogens (tertiary/aromatic N) is 1. The maximum Gasteiger partial charge on any atom is 0.326 e. The van der Waals surface area contributed by atoms with Gasteiger partial charge in [0.05, 0.1) is 25.2 Å². The first kappa shape index (κ1) is 17.5. The molecule has 0 radical (unpaired) electrons. The summed E-state index contributed by atoms with van der Waals surface area (Å²) in [4.78, 5) is 39.1. The average Bonchev–Trinajstić information content (AvgIpc) is 3.37. The lowest BCUT2D eigenvalue weighted by molar-refractivity contribution is -0.152. The Morgan fingerprint density at radius 1 is 1.22 bits per heavy atom. The van der Waals surface area contributed by atoms with Crippen molar-refractivity contribution in [2.24, 2.45) is 11.8 Å². The number of esters is 1. The molecule has 1 aromatic heterocycles. The third kappa shape index (κ3) is 2.42. The highest BCUT2D eigenvalue weighted by Crippen LogP contribution is 2.48. The number of methoxy groups -OCH3 is 1. The van der Waals surface area contributed by atoms with Crippen molar-refractivity contribution < 1.29 is 23.5 Å². The van der Waals surface area contributed by atoms with Gasteiger partial charge in [-0.1, -0.05) is 18.2 Å². The Morgan fingerprint density at radius 2 is 2.00 bits per heavy atom. The van der Waals surface area contributed by atoms with Crippen LogP contribution < -0.4 is 5.32 Å². The van der Waals surface area contributed by atoms with Gasteiger partial charge >= 0.3 is 5.97 Å². The standard InChI is InChI=1S/C20H20N2O5/c1-20(19(25)26-3)15-14(17(23)22(2)18(15)24)16(21-20)12-7-4-6-11(10-12)13-8-5-9-27-13/h4-10,14-16,21H,1-3H3/t14-,15-,16-,20-/m1/s1. The summed E-state index contributed by atoms with van der Waals surface area (Å²) in [5.41, 5.74) is 0.387. The fourth-order valence-electron chi connectivity index (χ4n) is 4.30. The number of fused-ring (bicyclic) bond motifs is 1. The zero-order valence-electron chi connectivity index (χ0n) is 15.3. The zero-order chi connectivity index (χ0) is 19.3. The van der Waals surface area contributed by atoms with Crippen LogP contribution in [0.5, 0.6) is 0 Å². The van der Waals surface area contributed by atoms with E-state index in [9.17, 15) is 14.4 Å². The third-order valence-corrected chi connectivity index (χ3v) is 5.67. The predicted molar refractivity (Wildman–Crippen MR) is 95.2 cm³/mol. The molecule has 2 aromatic rings. The maximum absolute atomic E-state index is 12.8. The average molecular weight is 368 g/mol. The van der Waals surface area contributed by atoms with Crippen LogP contribution in [-0.2, 0) is 19.1 Å². The van der Waals surface area contributed by atoms with Gasteiger partial charge in [-0.15, -0.1) is 0 Å². The minimum absolute atomic E-state index is 0.293. The first-order chi connectivity index (χ1) is 12.9. The van der Waals surface area contributed by atoms with E-state index in [1.807, 2.05) is 30.3 Å². The first-order valence-electron chi connectivity index (χ1n) is 8.70. The molecule has 2 fully saturated rings. The number of rotatable bonds is 3. The number of hydrogen-bond donors (Lipinski definition) is 1. The highest BCUT2D eigenvalue weighted by atomic mass is 16.5. The highest BCUT2D eigenvalue weighted by Gasteiger charge is 2.66. The van der Waals surface area contributed by atoms with Crippen LogP contribution in [0.2, 0.25) is 0 Å². The molecular weight excluding hydrogens is 348 g/mol. The van der Waals surface area contributed by atoms with E-state index in [4.69, 9.17) is 9.15 Å². The van der Waals surface area contributed by atoms with E-state index in [1.54, 1.807) is 19.3 Å². The molecule has 0 aliphatic carbocycles. The number of benzene rings is 1. The van der Waals surface area contributed by atoms with Crippen molar-refractivity contribution in [1.29, 1.82) is 0 Å². The lowest BCUT2D eigenvalue weighted by Gasteiger charge is -2.27. The second-order valence-corrected chi connectivity index (χ2v) is 7.16. The van der Waals surface area contributed by atoms with E-state index in [-0.39, 0.29) is 11.8 Å². The largest absolute Gasteiger partial charge is 0.468 e. The van der Waals surface area contributed by atoms with Crippen molar-refractivity contribution in [3.8, 4) is 11.3 Å².